The second-order valence-corrected chi connectivity index (χ2v) is 8.73. The van der Waals surface area contributed by atoms with Crippen molar-refractivity contribution in [3.8, 4) is 0 Å². The third kappa shape index (κ3) is 6.57. The molecule has 0 aliphatic heterocycles. The number of carboxylic acid groups (broad SMARTS) is 1. The monoisotopic (exact) mass is 425 g/mol. The van der Waals surface area contributed by atoms with E-state index in [4.69, 9.17) is 0 Å². The first-order valence-corrected chi connectivity index (χ1v) is 10.2. The molecule has 7 nitrogen and oxygen atoms in total. The van der Waals surface area contributed by atoms with E-state index in [-0.39, 0.29) is 6.54 Å². The first-order valence-electron chi connectivity index (χ1n) is 10.2. The first-order chi connectivity index (χ1) is 14.5. The fourth-order valence-electron chi connectivity index (χ4n) is 3.23. The van der Waals surface area contributed by atoms with Gasteiger partial charge >= 0.3 is 12.0 Å². The number of carbonyl (C=O) groups excluding carboxylic acids is 2. The Morgan fingerprint density at radius 3 is 2.03 bits per heavy atom. The maximum atomic E-state index is 13.2. The van der Waals surface area contributed by atoms with Gasteiger partial charge in [-0.25, -0.2) is 4.79 Å². The third-order valence-electron chi connectivity index (χ3n) is 4.97. The van der Waals surface area contributed by atoms with Gasteiger partial charge in [0.25, 0.3) is 0 Å². The van der Waals surface area contributed by atoms with Gasteiger partial charge in [-0.05, 0) is 41.7 Å². The molecule has 2 rings (SSSR count). The maximum absolute atomic E-state index is 13.2. The molecular formula is C24H31N3O4. The van der Waals surface area contributed by atoms with E-state index in [0.29, 0.717) is 12.1 Å². The number of rotatable bonds is 7. The van der Waals surface area contributed by atoms with Gasteiger partial charge in [0, 0.05) is 32.0 Å². The maximum Gasteiger partial charge on any atom is 0.328 e. The number of hydrogen-bond donors (Lipinski definition) is 2. The predicted octanol–water partition coefficient (Wildman–Crippen LogP) is 4.10. The largest absolute Gasteiger partial charge is 0.481 e. The summed E-state index contributed by atoms with van der Waals surface area (Å²) in [5.41, 5.74) is 1.59. The molecular weight excluding hydrogens is 394 g/mol. The number of nitrogens with zero attached hydrogens (tertiary/aromatic N) is 2. The SMILES string of the molecule is CN(C)c1ccc(NC(=O)N(CCc2ccccc2)C(=O)C(C(=O)O)C(C)(C)C)cc1. The summed E-state index contributed by atoms with van der Waals surface area (Å²) in [4.78, 5) is 41.1. The molecule has 1 unspecified atom stereocenters. The van der Waals surface area contributed by atoms with Gasteiger partial charge in [-0.1, -0.05) is 51.1 Å². The van der Waals surface area contributed by atoms with Crippen molar-refractivity contribution in [1.29, 1.82) is 0 Å². The zero-order valence-electron chi connectivity index (χ0n) is 18.8. The molecule has 0 bridgehead atoms. The summed E-state index contributed by atoms with van der Waals surface area (Å²) < 4.78 is 0. The van der Waals surface area contributed by atoms with E-state index in [2.05, 4.69) is 5.32 Å². The Labute approximate surface area is 183 Å². The summed E-state index contributed by atoms with van der Waals surface area (Å²) in [5.74, 6) is -3.31. The van der Waals surface area contributed by atoms with Crippen LogP contribution in [0.5, 0.6) is 0 Å². The first kappa shape index (κ1) is 23.9. The van der Waals surface area contributed by atoms with E-state index in [9.17, 15) is 19.5 Å². The van der Waals surface area contributed by atoms with Gasteiger partial charge in [0.15, 0.2) is 0 Å². The summed E-state index contributed by atoms with van der Waals surface area (Å²) in [6.07, 6.45) is 0.427. The number of carbonyl (C=O) groups is 3. The smallest absolute Gasteiger partial charge is 0.328 e. The average Bonchev–Trinajstić information content (AvgIpc) is 2.68. The van der Waals surface area contributed by atoms with Crippen LogP contribution in [0.2, 0.25) is 0 Å². The highest BCUT2D eigenvalue weighted by Gasteiger charge is 2.41. The molecule has 1 atom stereocenters. The van der Waals surface area contributed by atoms with Gasteiger partial charge < -0.3 is 15.3 Å². The lowest BCUT2D eigenvalue weighted by atomic mass is 9.80. The molecule has 2 aromatic carbocycles. The van der Waals surface area contributed by atoms with E-state index in [1.165, 1.54) is 0 Å². The number of imide groups is 1. The van der Waals surface area contributed by atoms with Crippen LogP contribution in [0, 0.1) is 11.3 Å². The number of urea groups is 1. The number of amides is 3. The van der Waals surface area contributed by atoms with Crippen molar-refractivity contribution in [3.05, 3.63) is 60.2 Å². The minimum atomic E-state index is -1.34. The van der Waals surface area contributed by atoms with Crippen molar-refractivity contribution in [2.75, 3.05) is 30.9 Å². The average molecular weight is 426 g/mol. The summed E-state index contributed by atoms with van der Waals surface area (Å²) in [6.45, 7) is 5.11. The molecule has 166 valence electrons. The van der Waals surface area contributed by atoms with Crippen molar-refractivity contribution in [1.82, 2.24) is 4.90 Å². The molecule has 0 saturated heterocycles. The van der Waals surface area contributed by atoms with Gasteiger partial charge in [0.05, 0.1) is 0 Å². The lowest BCUT2D eigenvalue weighted by molar-refractivity contribution is -0.154. The van der Waals surface area contributed by atoms with Crippen LogP contribution in [-0.4, -0.2) is 48.6 Å². The summed E-state index contributed by atoms with van der Waals surface area (Å²) >= 11 is 0. The lowest BCUT2D eigenvalue weighted by Gasteiger charge is -2.31. The summed E-state index contributed by atoms with van der Waals surface area (Å²) in [6, 6.07) is 16.0. The van der Waals surface area contributed by atoms with E-state index in [1.54, 1.807) is 32.9 Å². The van der Waals surface area contributed by atoms with Gasteiger partial charge in [0.1, 0.15) is 5.92 Å². The van der Waals surface area contributed by atoms with Crippen molar-refractivity contribution in [3.63, 3.8) is 0 Å². The quantitative estimate of drug-likeness (QED) is 0.652. The van der Waals surface area contributed by atoms with Gasteiger partial charge in [-0.2, -0.15) is 0 Å². The number of anilines is 2. The Morgan fingerprint density at radius 1 is 0.968 bits per heavy atom. The molecule has 31 heavy (non-hydrogen) atoms. The highest BCUT2D eigenvalue weighted by Crippen LogP contribution is 2.28. The minimum absolute atomic E-state index is 0.0737. The molecule has 0 aromatic heterocycles. The fourth-order valence-corrected chi connectivity index (χ4v) is 3.23. The normalized spacial score (nSPS) is 12.0. The van der Waals surface area contributed by atoms with E-state index < -0.39 is 29.2 Å². The van der Waals surface area contributed by atoms with Gasteiger partial charge in [-0.3, -0.25) is 14.5 Å². The predicted molar refractivity (Wildman–Crippen MR) is 122 cm³/mol. The number of benzene rings is 2. The van der Waals surface area contributed by atoms with Gasteiger partial charge in [0.2, 0.25) is 5.91 Å². The van der Waals surface area contributed by atoms with Crippen molar-refractivity contribution in [2.24, 2.45) is 11.3 Å². The Balaban J connectivity index is 2.27. The van der Waals surface area contributed by atoms with Crippen LogP contribution in [0.15, 0.2) is 54.6 Å². The zero-order valence-corrected chi connectivity index (χ0v) is 18.8. The number of aliphatic carboxylic acids is 1. The van der Waals surface area contributed by atoms with Crippen molar-refractivity contribution >= 4 is 29.3 Å². The Hall–Kier alpha value is -3.35. The molecule has 0 fully saturated rings. The van der Waals surface area contributed by atoms with Crippen LogP contribution >= 0.6 is 0 Å². The van der Waals surface area contributed by atoms with Crippen LogP contribution in [0.1, 0.15) is 26.3 Å². The van der Waals surface area contributed by atoms with Crippen LogP contribution < -0.4 is 10.2 Å². The fraction of sp³-hybridized carbons (Fsp3) is 0.375. The second-order valence-electron chi connectivity index (χ2n) is 8.73. The molecule has 3 amide bonds. The van der Waals surface area contributed by atoms with Crippen LogP contribution in [0.25, 0.3) is 0 Å². The third-order valence-corrected chi connectivity index (χ3v) is 4.97. The van der Waals surface area contributed by atoms with E-state index in [1.807, 2.05) is 61.5 Å². The van der Waals surface area contributed by atoms with E-state index in [0.717, 1.165) is 16.2 Å². The van der Waals surface area contributed by atoms with Crippen LogP contribution in [-0.2, 0) is 16.0 Å². The molecule has 0 radical (unpaired) electrons. The number of hydrogen-bond acceptors (Lipinski definition) is 4. The Morgan fingerprint density at radius 2 is 1.55 bits per heavy atom. The van der Waals surface area contributed by atoms with E-state index >= 15 is 0 Å². The molecule has 0 aliphatic rings. The second kappa shape index (κ2) is 10.1. The molecule has 0 heterocycles. The molecule has 0 aliphatic carbocycles. The molecule has 0 saturated carbocycles. The standard InChI is InChI=1S/C24H31N3O4/c1-24(2,3)20(22(29)30)21(28)27(16-15-17-9-7-6-8-10-17)23(31)25-18-11-13-19(14-12-18)26(4)5/h6-14,20H,15-16H2,1-5H3,(H,25,31)(H,29,30). The zero-order chi connectivity index (χ0) is 23.2. The minimum Gasteiger partial charge on any atom is -0.481 e. The summed E-state index contributed by atoms with van der Waals surface area (Å²) in [5, 5.41) is 12.4. The topological polar surface area (TPSA) is 90.0 Å². The molecule has 2 aromatic rings. The number of nitrogens with one attached hydrogen (secondary N) is 1. The van der Waals surface area contributed by atoms with Crippen LogP contribution in [0.3, 0.4) is 0 Å². The van der Waals surface area contributed by atoms with Crippen molar-refractivity contribution in [2.45, 2.75) is 27.2 Å². The lowest BCUT2D eigenvalue weighted by Crippen LogP contribution is -2.49. The highest BCUT2D eigenvalue weighted by molar-refractivity contribution is 6.08. The summed E-state index contributed by atoms with van der Waals surface area (Å²) in [7, 11) is 3.83. The molecule has 2 N–H and O–H groups in total. The van der Waals surface area contributed by atoms with Gasteiger partial charge in [-0.15, -0.1) is 0 Å². The Kier molecular flexibility index (Phi) is 7.80. The molecule has 0 spiro atoms. The number of carboxylic acids is 1. The Bertz CT molecular complexity index is 903. The molecule has 7 heteroatoms. The van der Waals surface area contributed by atoms with Crippen LogP contribution in [0.4, 0.5) is 16.2 Å². The van der Waals surface area contributed by atoms with Crippen molar-refractivity contribution < 1.29 is 19.5 Å². The highest BCUT2D eigenvalue weighted by atomic mass is 16.4.